The van der Waals surface area contributed by atoms with Crippen LogP contribution in [0.3, 0.4) is 0 Å². The van der Waals surface area contributed by atoms with Crippen molar-refractivity contribution in [1.29, 1.82) is 0 Å². The van der Waals surface area contributed by atoms with Crippen LogP contribution in [0.25, 0.3) is 11.0 Å². The van der Waals surface area contributed by atoms with Gasteiger partial charge >= 0.3 is 0 Å². The number of hydrogen-bond donors (Lipinski definition) is 0. The number of para-hydroxylation sites is 1. The van der Waals surface area contributed by atoms with E-state index in [9.17, 15) is 13.2 Å². The molecule has 1 fully saturated rings. The Labute approximate surface area is 188 Å². The lowest BCUT2D eigenvalue weighted by Crippen LogP contribution is -2.29. The van der Waals surface area contributed by atoms with Crippen molar-refractivity contribution in [3.05, 3.63) is 59.4 Å². The molecule has 1 aliphatic rings. The van der Waals surface area contributed by atoms with Crippen molar-refractivity contribution in [3.8, 4) is 5.75 Å². The summed E-state index contributed by atoms with van der Waals surface area (Å²) in [5.41, 5.74) is 2.07. The molecule has 7 nitrogen and oxygen atoms in total. The molecule has 0 aliphatic carbocycles. The van der Waals surface area contributed by atoms with Gasteiger partial charge in [-0.3, -0.25) is 4.79 Å². The van der Waals surface area contributed by atoms with E-state index >= 15 is 0 Å². The van der Waals surface area contributed by atoms with Gasteiger partial charge in [-0.25, -0.2) is 8.42 Å². The summed E-state index contributed by atoms with van der Waals surface area (Å²) in [6, 6.07) is 12.4. The largest absolute Gasteiger partial charge is 0.495 e. The van der Waals surface area contributed by atoms with Gasteiger partial charge < -0.3 is 14.1 Å². The average molecular weight is 457 g/mol. The molecule has 1 saturated heterocycles. The van der Waals surface area contributed by atoms with Crippen molar-refractivity contribution in [1.82, 2.24) is 9.21 Å². The molecule has 170 valence electrons. The Kier molecular flexibility index (Phi) is 6.26. The smallest absolute Gasteiger partial charge is 0.253 e. The quantitative estimate of drug-likeness (QED) is 0.536. The van der Waals surface area contributed by atoms with Crippen molar-refractivity contribution in [2.24, 2.45) is 0 Å². The van der Waals surface area contributed by atoms with Gasteiger partial charge in [0.25, 0.3) is 5.91 Å². The lowest BCUT2D eigenvalue weighted by atomic mass is 10.1. The van der Waals surface area contributed by atoms with Gasteiger partial charge in [0.1, 0.15) is 22.0 Å². The van der Waals surface area contributed by atoms with Crippen LogP contribution in [0.2, 0.25) is 0 Å². The fourth-order valence-corrected chi connectivity index (χ4v) is 5.92. The molecule has 1 amide bonds. The fraction of sp³-hybridized carbons (Fsp3) is 0.375. The second kappa shape index (κ2) is 8.96. The molecule has 32 heavy (non-hydrogen) atoms. The van der Waals surface area contributed by atoms with E-state index in [0.717, 1.165) is 35.1 Å². The molecule has 3 aromatic rings. The summed E-state index contributed by atoms with van der Waals surface area (Å²) < 4.78 is 39.0. The molecule has 0 bridgehead atoms. The molecule has 2 heterocycles. The van der Waals surface area contributed by atoms with Crippen LogP contribution in [0.15, 0.2) is 51.8 Å². The second-order valence-electron chi connectivity index (χ2n) is 7.99. The molecular formula is C24H28N2O5S. The summed E-state index contributed by atoms with van der Waals surface area (Å²) in [5.74, 6) is 0.820. The van der Waals surface area contributed by atoms with Crippen LogP contribution < -0.4 is 4.74 Å². The summed E-state index contributed by atoms with van der Waals surface area (Å²) in [5, 5.41) is 0.982. The number of aryl methyl sites for hydroxylation is 1. The Hall–Kier alpha value is -2.84. The Morgan fingerprint density at radius 1 is 1.16 bits per heavy atom. The van der Waals surface area contributed by atoms with E-state index in [2.05, 4.69) is 0 Å². The molecule has 0 radical (unpaired) electrons. The first-order chi connectivity index (χ1) is 15.4. The second-order valence-corrected chi connectivity index (χ2v) is 9.90. The zero-order valence-corrected chi connectivity index (χ0v) is 19.4. The monoisotopic (exact) mass is 456 g/mol. The summed E-state index contributed by atoms with van der Waals surface area (Å²) in [6.07, 6.45) is 2.38. The maximum Gasteiger partial charge on any atom is 0.253 e. The number of benzene rings is 2. The Morgan fingerprint density at radius 3 is 2.56 bits per heavy atom. The SMILES string of the molecule is CCc1oc2ccccc2c1CN(C)C(=O)c1ccc(OC)c(S(=O)(=O)N2CCCC2)c1. The van der Waals surface area contributed by atoms with Gasteiger partial charge in [-0.05, 0) is 37.1 Å². The topological polar surface area (TPSA) is 80.1 Å². The van der Waals surface area contributed by atoms with Crippen molar-refractivity contribution in [2.75, 3.05) is 27.2 Å². The van der Waals surface area contributed by atoms with Crippen LogP contribution in [0.1, 0.15) is 41.4 Å². The van der Waals surface area contributed by atoms with E-state index in [1.807, 2.05) is 31.2 Å². The highest BCUT2D eigenvalue weighted by atomic mass is 32.2. The molecule has 2 aromatic carbocycles. The van der Waals surface area contributed by atoms with Gasteiger partial charge in [-0.15, -0.1) is 0 Å². The van der Waals surface area contributed by atoms with E-state index in [1.165, 1.54) is 17.5 Å². The number of carbonyl (C=O) groups excluding carboxylic acids is 1. The molecule has 0 N–H and O–H groups in total. The van der Waals surface area contributed by atoms with Gasteiger partial charge in [-0.2, -0.15) is 4.31 Å². The first kappa shape index (κ1) is 22.4. The number of methoxy groups -OCH3 is 1. The summed E-state index contributed by atoms with van der Waals surface area (Å²) in [4.78, 5) is 14.9. The first-order valence-electron chi connectivity index (χ1n) is 10.8. The standard InChI is InChI=1S/C24H28N2O5S/c1-4-20-19(18-9-5-6-10-21(18)31-20)16-25(2)24(27)17-11-12-22(30-3)23(15-17)32(28,29)26-13-7-8-14-26/h5-6,9-12,15H,4,7-8,13-14,16H2,1-3H3. The number of nitrogens with zero attached hydrogens (tertiary/aromatic N) is 2. The number of ether oxygens (including phenoxy) is 1. The van der Waals surface area contributed by atoms with Gasteiger partial charge in [-0.1, -0.05) is 25.1 Å². The molecule has 0 atom stereocenters. The Bertz CT molecular complexity index is 1240. The van der Waals surface area contributed by atoms with Crippen molar-refractivity contribution in [2.45, 2.75) is 37.6 Å². The number of fused-ring (bicyclic) bond motifs is 1. The zero-order chi connectivity index (χ0) is 22.9. The van der Waals surface area contributed by atoms with Gasteiger partial charge in [0, 0.05) is 49.6 Å². The zero-order valence-electron chi connectivity index (χ0n) is 18.6. The van der Waals surface area contributed by atoms with Gasteiger partial charge in [0.15, 0.2) is 0 Å². The van der Waals surface area contributed by atoms with E-state index in [0.29, 0.717) is 31.6 Å². The number of carbonyl (C=O) groups is 1. The summed E-state index contributed by atoms with van der Waals surface area (Å²) >= 11 is 0. The minimum absolute atomic E-state index is 0.0316. The molecule has 0 saturated carbocycles. The van der Waals surface area contributed by atoms with Crippen LogP contribution in [0.5, 0.6) is 5.75 Å². The first-order valence-corrected chi connectivity index (χ1v) is 12.2. The van der Waals surface area contributed by atoms with E-state index < -0.39 is 10.0 Å². The van der Waals surface area contributed by atoms with Crippen molar-refractivity contribution < 1.29 is 22.4 Å². The average Bonchev–Trinajstić information content (AvgIpc) is 3.47. The van der Waals surface area contributed by atoms with E-state index in [-0.39, 0.29) is 16.6 Å². The summed E-state index contributed by atoms with van der Waals surface area (Å²) in [7, 11) is -0.586. The number of amides is 1. The molecule has 4 rings (SSSR count). The minimum atomic E-state index is -3.73. The Morgan fingerprint density at radius 2 is 1.88 bits per heavy atom. The number of rotatable bonds is 7. The van der Waals surface area contributed by atoms with Crippen LogP contribution in [0, 0.1) is 0 Å². The van der Waals surface area contributed by atoms with Crippen LogP contribution in [-0.4, -0.2) is 50.8 Å². The lowest BCUT2D eigenvalue weighted by molar-refractivity contribution is 0.0784. The molecule has 0 unspecified atom stereocenters. The molecule has 1 aromatic heterocycles. The minimum Gasteiger partial charge on any atom is -0.495 e. The van der Waals surface area contributed by atoms with E-state index in [1.54, 1.807) is 24.1 Å². The highest BCUT2D eigenvalue weighted by Gasteiger charge is 2.31. The van der Waals surface area contributed by atoms with Crippen molar-refractivity contribution in [3.63, 3.8) is 0 Å². The molecule has 1 aliphatic heterocycles. The number of sulfonamides is 1. The Balaban J connectivity index is 1.65. The number of furan rings is 1. The van der Waals surface area contributed by atoms with Crippen LogP contribution in [0.4, 0.5) is 0 Å². The molecule has 8 heteroatoms. The predicted molar refractivity (Wildman–Crippen MR) is 122 cm³/mol. The molecular weight excluding hydrogens is 428 g/mol. The highest BCUT2D eigenvalue weighted by Crippen LogP contribution is 2.31. The number of hydrogen-bond acceptors (Lipinski definition) is 5. The normalized spacial score (nSPS) is 14.7. The van der Waals surface area contributed by atoms with Crippen LogP contribution in [-0.2, 0) is 23.0 Å². The third kappa shape index (κ3) is 4.00. The third-order valence-electron chi connectivity index (χ3n) is 5.94. The molecule has 0 spiro atoms. The fourth-order valence-electron chi connectivity index (χ4n) is 4.22. The maximum absolute atomic E-state index is 13.3. The van der Waals surface area contributed by atoms with Gasteiger partial charge in [0.2, 0.25) is 10.0 Å². The maximum atomic E-state index is 13.3. The predicted octanol–water partition coefficient (Wildman–Crippen LogP) is 4.06. The third-order valence-corrected chi connectivity index (χ3v) is 7.86. The lowest BCUT2D eigenvalue weighted by Gasteiger charge is -2.20. The van der Waals surface area contributed by atoms with Crippen molar-refractivity contribution >= 4 is 26.9 Å². The summed E-state index contributed by atoms with van der Waals surface area (Å²) in [6.45, 7) is 3.34. The highest BCUT2D eigenvalue weighted by molar-refractivity contribution is 7.89. The van der Waals surface area contributed by atoms with E-state index in [4.69, 9.17) is 9.15 Å². The van der Waals surface area contributed by atoms with Gasteiger partial charge in [0.05, 0.1) is 7.11 Å². The van der Waals surface area contributed by atoms with Crippen LogP contribution >= 0.6 is 0 Å².